The fourth-order valence-electron chi connectivity index (χ4n) is 4.89. The third kappa shape index (κ3) is 5.88. The van der Waals surface area contributed by atoms with Crippen LogP contribution >= 0.6 is 0 Å². The summed E-state index contributed by atoms with van der Waals surface area (Å²) in [6, 6.07) is 19.1. The summed E-state index contributed by atoms with van der Waals surface area (Å²) in [5.41, 5.74) is 4.27. The van der Waals surface area contributed by atoms with Crippen molar-refractivity contribution < 1.29 is 19.1 Å². The quantitative estimate of drug-likeness (QED) is 0.312. The highest BCUT2D eigenvalue weighted by molar-refractivity contribution is 5.95. The molecule has 0 spiro atoms. The van der Waals surface area contributed by atoms with E-state index in [1.807, 2.05) is 80.7 Å². The Kier molecular flexibility index (Phi) is 7.91. The molecule has 9 nitrogen and oxygen atoms in total. The van der Waals surface area contributed by atoms with Gasteiger partial charge in [0, 0.05) is 41.5 Å². The van der Waals surface area contributed by atoms with Crippen LogP contribution in [0.15, 0.2) is 79.1 Å². The topological polar surface area (TPSA) is 108 Å². The van der Waals surface area contributed by atoms with Gasteiger partial charge in [-0.1, -0.05) is 48.5 Å². The predicted octanol–water partition coefficient (Wildman–Crippen LogP) is 5.28. The van der Waals surface area contributed by atoms with Crippen molar-refractivity contribution in [3.63, 3.8) is 0 Å². The minimum atomic E-state index is -0.590. The maximum Gasteiger partial charge on any atom is 0.410 e. The van der Waals surface area contributed by atoms with Crippen LogP contribution in [-0.2, 0) is 27.5 Å². The number of carbonyl (C=O) groups is 3. The van der Waals surface area contributed by atoms with E-state index in [1.165, 1.54) is 11.0 Å². The number of nitrogens with zero attached hydrogens (tertiary/aromatic N) is 3. The van der Waals surface area contributed by atoms with Gasteiger partial charge in [0.25, 0.3) is 0 Å². The second-order valence-electron chi connectivity index (χ2n) is 9.64. The summed E-state index contributed by atoms with van der Waals surface area (Å²) in [5.74, 6) is -0.101. The molecule has 2 aromatic heterocycles. The van der Waals surface area contributed by atoms with E-state index in [9.17, 15) is 14.4 Å². The van der Waals surface area contributed by atoms with Crippen LogP contribution < -0.4 is 5.32 Å². The Labute approximate surface area is 232 Å². The standard InChI is InChI=1S/C31H31N5O4/c1-3-36(21(2)26-17-32-27-12-8-7-11-25(26)27)29(38)14-13-23-15-24-18-35(19-28(37)34-30(24)33-16-23)31(39)40-20-22-9-5-4-6-10-22/h4-17,21,32H,3,18-20H2,1-2H3,(H,33,34,37). The summed E-state index contributed by atoms with van der Waals surface area (Å²) in [4.78, 5) is 49.2. The van der Waals surface area contributed by atoms with Crippen molar-refractivity contribution in [1.29, 1.82) is 0 Å². The number of hydrogen-bond donors (Lipinski definition) is 2. The zero-order valence-corrected chi connectivity index (χ0v) is 22.5. The highest BCUT2D eigenvalue weighted by atomic mass is 16.6. The molecule has 3 amide bonds. The van der Waals surface area contributed by atoms with E-state index in [-0.39, 0.29) is 37.6 Å². The Morgan fingerprint density at radius 2 is 1.90 bits per heavy atom. The number of rotatable bonds is 7. The highest BCUT2D eigenvalue weighted by Crippen LogP contribution is 2.28. The number of fused-ring (bicyclic) bond motifs is 2. The SMILES string of the molecule is CCN(C(=O)C=Cc1cnc2c(c1)CN(C(=O)OCc1ccccc1)CC(=O)N2)C(C)c1c[nH]c2ccccc12. The van der Waals surface area contributed by atoms with Gasteiger partial charge in [-0.05, 0) is 48.7 Å². The van der Waals surface area contributed by atoms with Crippen LogP contribution in [0.5, 0.6) is 0 Å². The van der Waals surface area contributed by atoms with Gasteiger partial charge in [-0.25, -0.2) is 9.78 Å². The van der Waals surface area contributed by atoms with Crippen molar-refractivity contribution in [2.24, 2.45) is 0 Å². The molecule has 2 N–H and O–H groups in total. The van der Waals surface area contributed by atoms with E-state index in [4.69, 9.17) is 4.74 Å². The molecule has 9 heteroatoms. The fraction of sp³-hybridized carbons (Fsp3) is 0.226. The van der Waals surface area contributed by atoms with Crippen LogP contribution in [-0.4, -0.2) is 50.8 Å². The van der Waals surface area contributed by atoms with Crippen molar-refractivity contribution in [3.8, 4) is 0 Å². The van der Waals surface area contributed by atoms with E-state index in [2.05, 4.69) is 15.3 Å². The predicted molar refractivity (Wildman–Crippen MR) is 153 cm³/mol. The third-order valence-corrected chi connectivity index (χ3v) is 6.99. The Morgan fingerprint density at radius 3 is 2.70 bits per heavy atom. The normalized spacial score (nSPS) is 13.9. The van der Waals surface area contributed by atoms with Gasteiger partial charge in [0.1, 0.15) is 19.0 Å². The lowest BCUT2D eigenvalue weighted by Gasteiger charge is -2.27. The number of H-pyrrole nitrogens is 1. The summed E-state index contributed by atoms with van der Waals surface area (Å²) in [7, 11) is 0. The molecule has 1 aliphatic heterocycles. The Bertz CT molecular complexity index is 1560. The molecule has 5 rings (SSSR count). The van der Waals surface area contributed by atoms with E-state index in [1.54, 1.807) is 17.2 Å². The Hall–Kier alpha value is -4.92. The summed E-state index contributed by atoms with van der Waals surface area (Å²) < 4.78 is 5.43. The van der Waals surface area contributed by atoms with Crippen LogP contribution in [0.4, 0.5) is 10.6 Å². The lowest BCUT2D eigenvalue weighted by Crippen LogP contribution is -2.35. The first-order valence-electron chi connectivity index (χ1n) is 13.2. The van der Waals surface area contributed by atoms with Crippen LogP contribution in [0.3, 0.4) is 0 Å². The summed E-state index contributed by atoms with van der Waals surface area (Å²) in [6.07, 6.45) is 6.18. The molecule has 0 saturated carbocycles. The maximum atomic E-state index is 13.2. The minimum Gasteiger partial charge on any atom is -0.445 e. The minimum absolute atomic E-state index is 0.110. The lowest BCUT2D eigenvalue weighted by atomic mass is 10.1. The van der Waals surface area contributed by atoms with E-state index >= 15 is 0 Å². The van der Waals surface area contributed by atoms with Crippen molar-refractivity contribution in [1.82, 2.24) is 19.8 Å². The van der Waals surface area contributed by atoms with Crippen molar-refractivity contribution >= 4 is 40.7 Å². The van der Waals surface area contributed by atoms with E-state index in [0.717, 1.165) is 22.0 Å². The molecule has 1 aliphatic rings. The van der Waals surface area contributed by atoms with Gasteiger partial charge < -0.3 is 19.9 Å². The molecule has 1 unspecified atom stereocenters. The largest absolute Gasteiger partial charge is 0.445 e. The van der Waals surface area contributed by atoms with Gasteiger partial charge in [-0.15, -0.1) is 0 Å². The summed E-state index contributed by atoms with van der Waals surface area (Å²) in [6.45, 7) is 4.61. The number of aromatic amines is 1. The number of para-hydroxylation sites is 1. The van der Waals surface area contributed by atoms with Crippen molar-refractivity contribution in [2.45, 2.75) is 33.0 Å². The highest BCUT2D eigenvalue weighted by Gasteiger charge is 2.25. The molecule has 0 radical (unpaired) electrons. The molecule has 4 aromatic rings. The molecular formula is C31H31N5O4. The number of anilines is 1. The van der Waals surface area contributed by atoms with Gasteiger partial charge in [0.2, 0.25) is 11.8 Å². The third-order valence-electron chi connectivity index (χ3n) is 6.99. The summed E-state index contributed by atoms with van der Waals surface area (Å²) >= 11 is 0. The summed E-state index contributed by atoms with van der Waals surface area (Å²) in [5, 5.41) is 3.84. The van der Waals surface area contributed by atoms with Gasteiger partial charge in [0.05, 0.1) is 12.6 Å². The first-order chi connectivity index (χ1) is 19.4. The van der Waals surface area contributed by atoms with E-state index in [0.29, 0.717) is 23.5 Å². The first kappa shape index (κ1) is 26.7. The number of nitrogens with one attached hydrogen (secondary N) is 2. The number of ether oxygens (including phenoxy) is 1. The second-order valence-corrected chi connectivity index (χ2v) is 9.64. The lowest BCUT2D eigenvalue weighted by molar-refractivity contribution is -0.127. The number of likely N-dealkylation sites (N-methyl/N-ethyl adjacent to an activating group) is 1. The fourth-order valence-corrected chi connectivity index (χ4v) is 4.89. The van der Waals surface area contributed by atoms with Crippen LogP contribution in [0.1, 0.15) is 42.1 Å². The molecule has 0 bridgehead atoms. The number of aromatic nitrogens is 2. The zero-order valence-electron chi connectivity index (χ0n) is 22.5. The number of pyridine rings is 1. The number of hydrogen-bond acceptors (Lipinski definition) is 5. The molecule has 0 aliphatic carbocycles. The Balaban J connectivity index is 1.29. The van der Waals surface area contributed by atoms with E-state index < -0.39 is 6.09 Å². The van der Waals surface area contributed by atoms with Gasteiger partial charge in [-0.2, -0.15) is 0 Å². The molecule has 0 fully saturated rings. The molecule has 40 heavy (non-hydrogen) atoms. The monoisotopic (exact) mass is 537 g/mol. The van der Waals surface area contributed by atoms with Crippen LogP contribution in [0, 0.1) is 0 Å². The van der Waals surface area contributed by atoms with Crippen molar-refractivity contribution in [2.75, 3.05) is 18.4 Å². The zero-order chi connectivity index (χ0) is 28.1. The first-order valence-corrected chi connectivity index (χ1v) is 13.2. The average molecular weight is 538 g/mol. The second kappa shape index (κ2) is 11.9. The molecule has 0 saturated heterocycles. The molecular weight excluding hydrogens is 506 g/mol. The number of carbonyl (C=O) groups excluding carboxylic acids is 3. The number of amides is 3. The molecule has 2 aromatic carbocycles. The Morgan fingerprint density at radius 1 is 1.12 bits per heavy atom. The molecule has 1 atom stereocenters. The van der Waals surface area contributed by atoms with Crippen LogP contribution in [0.2, 0.25) is 0 Å². The maximum absolute atomic E-state index is 13.2. The molecule has 204 valence electrons. The molecule has 3 heterocycles. The smallest absolute Gasteiger partial charge is 0.410 e. The van der Waals surface area contributed by atoms with Crippen LogP contribution in [0.25, 0.3) is 17.0 Å². The van der Waals surface area contributed by atoms with Gasteiger partial charge in [-0.3, -0.25) is 14.5 Å². The average Bonchev–Trinajstić information content (AvgIpc) is 3.32. The number of benzene rings is 2. The van der Waals surface area contributed by atoms with Gasteiger partial charge in [0.15, 0.2) is 0 Å². The van der Waals surface area contributed by atoms with Gasteiger partial charge >= 0.3 is 6.09 Å². The van der Waals surface area contributed by atoms with Crippen molar-refractivity contribution in [3.05, 3.63) is 101 Å².